The molecule has 0 spiro atoms. The Morgan fingerprint density at radius 2 is 1.65 bits per heavy atom. The summed E-state index contributed by atoms with van der Waals surface area (Å²) in [5.41, 5.74) is 4.46. The first kappa shape index (κ1) is 17.7. The van der Waals surface area contributed by atoms with Gasteiger partial charge in [0.05, 0.1) is 5.60 Å². The van der Waals surface area contributed by atoms with Crippen molar-refractivity contribution in [1.82, 2.24) is 0 Å². The van der Waals surface area contributed by atoms with Crippen molar-refractivity contribution in [1.29, 1.82) is 0 Å². The lowest BCUT2D eigenvalue weighted by molar-refractivity contribution is 0.164. The summed E-state index contributed by atoms with van der Waals surface area (Å²) >= 11 is 0. The maximum Gasteiger partial charge on any atom is 0.0986 e. The molecule has 0 saturated carbocycles. The van der Waals surface area contributed by atoms with E-state index < -0.39 is 5.60 Å². The second-order valence-electron chi connectivity index (χ2n) is 7.73. The average molecular weight is 310 g/mol. The SMILES string of the molecule is CC1=C(/C=C/C(C)(O)/C=C/c2ccc(C)cc2)C(C)(C)CCC1. The number of aliphatic hydroxyl groups is 1. The zero-order valence-corrected chi connectivity index (χ0v) is 15.2. The van der Waals surface area contributed by atoms with E-state index in [4.69, 9.17) is 0 Å². The lowest BCUT2D eigenvalue weighted by Gasteiger charge is -2.33. The predicted molar refractivity (Wildman–Crippen MR) is 100 cm³/mol. The van der Waals surface area contributed by atoms with Gasteiger partial charge in [-0.25, -0.2) is 0 Å². The van der Waals surface area contributed by atoms with Gasteiger partial charge in [0.25, 0.3) is 0 Å². The van der Waals surface area contributed by atoms with Crippen molar-refractivity contribution in [3.63, 3.8) is 0 Å². The van der Waals surface area contributed by atoms with Crippen LogP contribution in [-0.2, 0) is 0 Å². The lowest BCUT2D eigenvalue weighted by atomic mass is 9.72. The number of benzene rings is 1. The summed E-state index contributed by atoms with van der Waals surface area (Å²) in [4.78, 5) is 0. The third kappa shape index (κ3) is 4.94. The standard InChI is InChI=1S/C22H30O/c1-17-8-10-19(11-9-17)12-15-22(5,23)16-13-20-18(2)7-6-14-21(20,3)4/h8-13,15-16,23H,6-7,14H2,1-5H3/b15-12+,16-13+. The van der Waals surface area contributed by atoms with Gasteiger partial charge in [-0.2, -0.15) is 0 Å². The average Bonchev–Trinajstić information content (AvgIpc) is 2.45. The number of hydrogen-bond acceptors (Lipinski definition) is 1. The van der Waals surface area contributed by atoms with Gasteiger partial charge in [-0.15, -0.1) is 0 Å². The van der Waals surface area contributed by atoms with Gasteiger partial charge in [0.15, 0.2) is 0 Å². The summed E-state index contributed by atoms with van der Waals surface area (Å²) in [6, 6.07) is 8.32. The van der Waals surface area contributed by atoms with Crippen LogP contribution in [0, 0.1) is 12.3 Å². The van der Waals surface area contributed by atoms with E-state index in [0.717, 1.165) is 5.56 Å². The molecule has 124 valence electrons. The Labute approximate surface area is 141 Å². The number of aryl methyl sites for hydroxylation is 1. The smallest absolute Gasteiger partial charge is 0.0986 e. The molecule has 1 atom stereocenters. The van der Waals surface area contributed by atoms with E-state index in [-0.39, 0.29) is 5.41 Å². The van der Waals surface area contributed by atoms with Crippen LogP contribution in [0.1, 0.15) is 58.1 Å². The van der Waals surface area contributed by atoms with Crippen molar-refractivity contribution >= 4 is 6.08 Å². The third-order valence-corrected chi connectivity index (χ3v) is 4.82. The van der Waals surface area contributed by atoms with Crippen LogP contribution in [0.15, 0.2) is 53.6 Å². The minimum atomic E-state index is -0.939. The van der Waals surface area contributed by atoms with Crippen LogP contribution in [0.5, 0.6) is 0 Å². The van der Waals surface area contributed by atoms with Crippen molar-refractivity contribution < 1.29 is 5.11 Å². The molecule has 0 saturated heterocycles. The highest BCUT2D eigenvalue weighted by Crippen LogP contribution is 2.40. The second kappa shape index (κ2) is 6.88. The molecule has 0 fully saturated rings. The number of allylic oxidation sites excluding steroid dienone is 3. The summed E-state index contributed by atoms with van der Waals surface area (Å²) in [7, 11) is 0. The van der Waals surface area contributed by atoms with Gasteiger partial charge in [0, 0.05) is 0 Å². The van der Waals surface area contributed by atoms with E-state index in [1.807, 2.05) is 25.2 Å². The molecule has 1 nitrogen and oxygen atoms in total. The van der Waals surface area contributed by atoms with Gasteiger partial charge in [-0.3, -0.25) is 0 Å². The van der Waals surface area contributed by atoms with E-state index in [1.165, 1.54) is 36.0 Å². The monoisotopic (exact) mass is 310 g/mol. The van der Waals surface area contributed by atoms with Crippen molar-refractivity contribution in [3.05, 3.63) is 64.8 Å². The van der Waals surface area contributed by atoms with E-state index in [9.17, 15) is 5.11 Å². The maximum absolute atomic E-state index is 10.6. The van der Waals surface area contributed by atoms with E-state index in [0.29, 0.717) is 0 Å². The zero-order chi connectivity index (χ0) is 17.1. The fraction of sp³-hybridized carbons (Fsp3) is 0.455. The fourth-order valence-electron chi connectivity index (χ4n) is 3.26. The first-order valence-electron chi connectivity index (χ1n) is 8.57. The van der Waals surface area contributed by atoms with Gasteiger partial charge < -0.3 is 5.11 Å². The van der Waals surface area contributed by atoms with Gasteiger partial charge in [0.2, 0.25) is 0 Å². The molecule has 1 aromatic rings. The number of rotatable bonds is 4. The Kier molecular flexibility index (Phi) is 5.31. The maximum atomic E-state index is 10.6. The first-order valence-corrected chi connectivity index (χ1v) is 8.57. The minimum Gasteiger partial charge on any atom is -0.382 e. The highest BCUT2D eigenvalue weighted by Gasteiger charge is 2.27. The quantitative estimate of drug-likeness (QED) is 0.740. The highest BCUT2D eigenvalue weighted by atomic mass is 16.3. The molecule has 0 aromatic heterocycles. The first-order chi connectivity index (χ1) is 10.7. The molecule has 0 amide bonds. The molecule has 1 aromatic carbocycles. The second-order valence-corrected chi connectivity index (χ2v) is 7.73. The van der Waals surface area contributed by atoms with Crippen LogP contribution in [0.2, 0.25) is 0 Å². The van der Waals surface area contributed by atoms with E-state index >= 15 is 0 Å². The Balaban J connectivity index is 2.15. The van der Waals surface area contributed by atoms with Crippen LogP contribution in [-0.4, -0.2) is 10.7 Å². The van der Waals surface area contributed by atoms with Crippen molar-refractivity contribution in [2.24, 2.45) is 5.41 Å². The Morgan fingerprint density at radius 1 is 1.04 bits per heavy atom. The summed E-state index contributed by atoms with van der Waals surface area (Å²) in [6.07, 6.45) is 11.5. The molecular formula is C22H30O. The van der Waals surface area contributed by atoms with Crippen LogP contribution in [0.3, 0.4) is 0 Å². The van der Waals surface area contributed by atoms with Crippen LogP contribution in [0.25, 0.3) is 6.08 Å². The van der Waals surface area contributed by atoms with Crippen LogP contribution >= 0.6 is 0 Å². The topological polar surface area (TPSA) is 20.2 Å². The molecule has 1 heteroatoms. The van der Waals surface area contributed by atoms with Gasteiger partial charge in [-0.05, 0) is 68.7 Å². The van der Waals surface area contributed by atoms with Crippen LogP contribution in [0.4, 0.5) is 0 Å². The predicted octanol–water partition coefficient (Wildman–Crippen LogP) is 5.84. The molecule has 23 heavy (non-hydrogen) atoms. The Bertz CT molecular complexity index is 624. The van der Waals surface area contributed by atoms with E-state index in [1.54, 1.807) is 0 Å². The summed E-state index contributed by atoms with van der Waals surface area (Å²) in [5.74, 6) is 0. The lowest BCUT2D eigenvalue weighted by Crippen LogP contribution is -2.21. The Hall–Kier alpha value is -1.60. The van der Waals surface area contributed by atoms with E-state index in [2.05, 4.69) is 58.0 Å². The minimum absolute atomic E-state index is 0.204. The zero-order valence-electron chi connectivity index (χ0n) is 15.2. The highest BCUT2D eigenvalue weighted by molar-refractivity contribution is 5.51. The van der Waals surface area contributed by atoms with Gasteiger partial charge >= 0.3 is 0 Å². The molecular weight excluding hydrogens is 280 g/mol. The molecule has 0 bridgehead atoms. The van der Waals surface area contributed by atoms with Gasteiger partial charge in [-0.1, -0.05) is 61.4 Å². The normalized spacial score (nSPS) is 21.1. The van der Waals surface area contributed by atoms with Gasteiger partial charge in [0.1, 0.15) is 0 Å². The molecule has 2 rings (SSSR count). The van der Waals surface area contributed by atoms with Crippen molar-refractivity contribution in [3.8, 4) is 0 Å². The van der Waals surface area contributed by atoms with Crippen molar-refractivity contribution in [2.45, 2.75) is 59.5 Å². The molecule has 0 heterocycles. The largest absolute Gasteiger partial charge is 0.382 e. The molecule has 0 radical (unpaired) electrons. The van der Waals surface area contributed by atoms with Crippen LogP contribution < -0.4 is 0 Å². The number of hydrogen-bond donors (Lipinski definition) is 1. The van der Waals surface area contributed by atoms with Crippen molar-refractivity contribution in [2.75, 3.05) is 0 Å². The third-order valence-electron chi connectivity index (χ3n) is 4.82. The molecule has 1 aliphatic carbocycles. The fourth-order valence-corrected chi connectivity index (χ4v) is 3.26. The molecule has 0 aliphatic heterocycles. The Morgan fingerprint density at radius 3 is 2.26 bits per heavy atom. The summed E-state index contributed by atoms with van der Waals surface area (Å²) in [5, 5.41) is 10.6. The molecule has 1 unspecified atom stereocenters. The molecule has 1 aliphatic rings. The molecule has 1 N–H and O–H groups in total. The summed E-state index contributed by atoms with van der Waals surface area (Å²) in [6.45, 7) is 10.7. The summed E-state index contributed by atoms with van der Waals surface area (Å²) < 4.78 is 0.